The predicted octanol–water partition coefficient (Wildman–Crippen LogP) is 4.97. The number of carbonyl (C=O) groups is 1. The highest BCUT2D eigenvalue weighted by atomic mass is 35.5. The Bertz CT molecular complexity index is 860. The van der Waals surface area contributed by atoms with Gasteiger partial charge in [-0.25, -0.2) is 0 Å². The van der Waals surface area contributed by atoms with Gasteiger partial charge in [0.2, 0.25) is 11.7 Å². The quantitative estimate of drug-likeness (QED) is 0.511. The molecule has 2 aromatic carbocycles. The summed E-state index contributed by atoms with van der Waals surface area (Å²) in [4.78, 5) is 17.2. The molecule has 0 spiro atoms. The molecule has 1 unspecified atom stereocenters. The highest BCUT2D eigenvalue weighted by Crippen LogP contribution is 2.38. The van der Waals surface area contributed by atoms with E-state index in [2.05, 4.69) is 11.8 Å². The van der Waals surface area contributed by atoms with Crippen LogP contribution in [0.4, 0.5) is 5.69 Å². The summed E-state index contributed by atoms with van der Waals surface area (Å²) in [6, 6.07) is 14.7. The van der Waals surface area contributed by atoms with Crippen LogP contribution in [0.3, 0.4) is 0 Å². The maximum absolute atomic E-state index is 12.7. The van der Waals surface area contributed by atoms with E-state index in [4.69, 9.17) is 14.2 Å². The van der Waals surface area contributed by atoms with Crippen LogP contribution in [0.5, 0.6) is 17.2 Å². The summed E-state index contributed by atoms with van der Waals surface area (Å²) in [5.41, 5.74) is 2.16. The van der Waals surface area contributed by atoms with Crippen LogP contribution in [0.15, 0.2) is 42.5 Å². The summed E-state index contributed by atoms with van der Waals surface area (Å²) in [5.74, 6) is 2.18. The summed E-state index contributed by atoms with van der Waals surface area (Å²) >= 11 is 0. The van der Waals surface area contributed by atoms with Gasteiger partial charge in [-0.3, -0.25) is 4.79 Å². The molecule has 0 bridgehead atoms. The average Bonchev–Trinajstić information content (AvgIpc) is 2.84. The monoisotopic (exact) mass is 476 g/mol. The van der Waals surface area contributed by atoms with Crippen molar-refractivity contribution >= 4 is 24.0 Å². The largest absolute Gasteiger partial charge is 0.493 e. The minimum absolute atomic E-state index is 0. The van der Waals surface area contributed by atoms with Crippen LogP contribution in [0.1, 0.15) is 38.7 Å². The first-order valence-corrected chi connectivity index (χ1v) is 11.4. The molecule has 0 aliphatic carbocycles. The number of likely N-dealkylation sites (tertiary alicyclic amines) is 1. The van der Waals surface area contributed by atoms with Crippen molar-refractivity contribution in [1.29, 1.82) is 0 Å². The van der Waals surface area contributed by atoms with Crippen molar-refractivity contribution in [1.82, 2.24) is 4.90 Å². The number of nitrogens with zero attached hydrogens (tertiary/aromatic N) is 2. The summed E-state index contributed by atoms with van der Waals surface area (Å²) in [7, 11) is 4.91. The molecule has 1 atom stereocenters. The van der Waals surface area contributed by atoms with Gasteiger partial charge in [0.25, 0.3) is 0 Å². The van der Waals surface area contributed by atoms with Crippen LogP contribution >= 0.6 is 12.4 Å². The number of ether oxygens (including phenoxy) is 3. The third-order valence-electron chi connectivity index (χ3n) is 6.35. The van der Waals surface area contributed by atoms with Crippen molar-refractivity contribution < 1.29 is 19.0 Å². The van der Waals surface area contributed by atoms with Gasteiger partial charge in [-0.1, -0.05) is 25.1 Å². The zero-order chi connectivity index (χ0) is 23.1. The van der Waals surface area contributed by atoms with Crippen LogP contribution in [0.25, 0.3) is 0 Å². The molecule has 7 heteroatoms. The minimum atomic E-state index is 0. The first-order chi connectivity index (χ1) is 15.5. The Morgan fingerprint density at radius 1 is 1.03 bits per heavy atom. The Labute approximate surface area is 204 Å². The van der Waals surface area contributed by atoms with E-state index < -0.39 is 0 Å². The Hall–Kier alpha value is -2.44. The van der Waals surface area contributed by atoms with E-state index in [9.17, 15) is 4.79 Å². The van der Waals surface area contributed by atoms with Crippen LogP contribution in [0.2, 0.25) is 0 Å². The number of hydrogen-bond acceptors (Lipinski definition) is 5. The van der Waals surface area contributed by atoms with Gasteiger partial charge in [0.1, 0.15) is 0 Å². The van der Waals surface area contributed by atoms with Crippen molar-refractivity contribution in [3.8, 4) is 17.2 Å². The molecule has 1 saturated heterocycles. The molecule has 1 fully saturated rings. The summed E-state index contributed by atoms with van der Waals surface area (Å²) in [6.07, 6.45) is 3.35. The molecule has 3 rings (SSSR count). The predicted molar refractivity (Wildman–Crippen MR) is 135 cm³/mol. The van der Waals surface area contributed by atoms with E-state index >= 15 is 0 Å². The number of carbonyl (C=O) groups excluding carboxylic acids is 1. The number of benzene rings is 2. The molecule has 1 amide bonds. The third kappa shape index (κ3) is 6.33. The van der Waals surface area contributed by atoms with Crippen LogP contribution in [-0.4, -0.2) is 57.3 Å². The lowest BCUT2D eigenvalue weighted by atomic mass is 9.98. The van der Waals surface area contributed by atoms with Crippen molar-refractivity contribution in [2.75, 3.05) is 39.3 Å². The average molecular weight is 477 g/mol. The lowest BCUT2D eigenvalue weighted by Crippen LogP contribution is -2.49. The smallest absolute Gasteiger partial charge is 0.226 e. The number of rotatable bonds is 9. The number of amides is 1. The van der Waals surface area contributed by atoms with Gasteiger partial charge >= 0.3 is 0 Å². The standard InChI is InChI=1S/C26H36N2O4.ClH/c1-6-25(29)28(21-10-8-7-9-11-21)22-12-14-27(15-13-22)19(2)16-20-17-23(30-3)26(32-5)24(18-20)31-4;/h7-11,17-19,22H,6,12-16H2,1-5H3;1H. The molecule has 1 heterocycles. The molecule has 33 heavy (non-hydrogen) atoms. The van der Waals surface area contributed by atoms with E-state index in [0.29, 0.717) is 29.7 Å². The third-order valence-corrected chi connectivity index (χ3v) is 6.35. The summed E-state index contributed by atoms with van der Waals surface area (Å²) < 4.78 is 16.5. The van der Waals surface area contributed by atoms with Gasteiger partial charge in [-0.05, 0) is 56.0 Å². The molecule has 182 valence electrons. The van der Waals surface area contributed by atoms with Crippen LogP contribution < -0.4 is 19.1 Å². The number of anilines is 1. The molecular formula is C26H37ClN2O4. The second kappa shape index (κ2) is 12.7. The fourth-order valence-electron chi connectivity index (χ4n) is 4.63. The summed E-state index contributed by atoms with van der Waals surface area (Å²) in [5, 5.41) is 0. The van der Waals surface area contributed by atoms with Crippen molar-refractivity contribution in [2.45, 2.75) is 51.6 Å². The highest BCUT2D eigenvalue weighted by molar-refractivity contribution is 5.93. The van der Waals surface area contributed by atoms with Gasteiger partial charge < -0.3 is 24.0 Å². The maximum atomic E-state index is 12.7. The number of hydrogen-bond donors (Lipinski definition) is 0. The molecule has 0 radical (unpaired) electrons. The fourth-order valence-corrected chi connectivity index (χ4v) is 4.63. The van der Waals surface area contributed by atoms with E-state index in [0.717, 1.165) is 43.6 Å². The molecule has 6 nitrogen and oxygen atoms in total. The second-order valence-electron chi connectivity index (χ2n) is 8.31. The Balaban J connectivity index is 0.00000385. The molecular weight excluding hydrogens is 440 g/mol. The van der Waals surface area contributed by atoms with Crippen molar-refractivity contribution in [2.24, 2.45) is 0 Å². The van der Waals surface area contributed by atoms with Gasteiger partial charge in [0.15, 0.2) is 11.5 Å². The van der Waals surface area contributed by atoms with E-state index in [1.807, 2.05) is 54.3 Å². The first kappa shape index (κ1) is 26.8. The number of para-hydroxylation sites is 1. The topological polar surface area (TPSA) is 51.2 Å². The maximum Gasteiger partial charge on any atom is 0.226 e. The molecule has 1 aliphatic rings. The fraction of sp³-hybridized carbons (Fsp3) is 0.500. The molecule has 0 aromatic heterocycles. The van der Waals surface area contributed by atoms with Crippen LogP contribution in [-0.2, 0) is 11.2 Å². The van der Waals surface area contributed by atoms with E-state index in [1.54, 1.807) is 21.3 Å². The van der Waals surface area contributed by atoms with Gasteiger partial charge in [0.05, 0.1) is 21.3 Å². The van der Waals surface area contributed by atoms with E-state index in [1.165, 1.54) is 0 Å². The lowest BCUT2D eigenvalue weighted by molar-refractivity contribution is -0.119. The second-order valence-corrected chi connectivity index (χ2v) is 8.31. The van der Waals surface area contributed by atoms with Gasteiger partial charge in [-0.15, -0.1) is 12.4 Å². The minimum Gasteiger partial charge on any atom is -0.493 e. The Morgan fingerprint density at radius 2 is 1.61 bits per heavy atom. The number of methoxy groups -OCH3 is 3. The summed E-state index contributed by atoms with van der Waals surface area (Å²) in [6.45, 7) is 6.13. The SMILES string of the molecule is CCC(=O)N(c1ccccc1)C1CCN(C(C)Cc2cc(OC)c(OC)c(OC)c2)CC1.Cl. The van der Waals surface area contributed by atoms with Crippen molar-refractivity contribution in [3.05, 3.63) is 48.0 Å². The van der Waals surface area contributed by atoms with E-state index in [-0.39, 0.29) is 24.4 Å². The zero-order valence-corrected chi connectivity index (χ0v) is 21.2. The van der Waals surface area contributed by atoms with Gasteiger partial charge in [-0.2, -0.15) is 0 Å². The van der Waals surface area contributed by atoms with Crippen LogP contribution in [0, 0.1) is 0 Å². The first-order valence-electron chi connectivity index (χ1n) is 11.4. The molecule has 0 saturated carbocycles. The molecule has 2 aromatic rings. The normalized spacial score (nSPS) is 15.3. The Kier molecular flexibility index (Phi) is 10.3. The highest BCUT2D eigenvalue weighted by Gasteiger charge is 2.30. The van der Waals surface area contributed by atoms with Crippen molar-refractivity contribution in [3.63, 3.8) is 0 Å². The number of piperidine rings is 1. The lowest BCUT2D eigenvalue weighted by Gasteiger charge is -2.41. The zero-order valence-electron chi connectivity index (χ0n) is 20.4. The molecule has 1 aliphatic heterocycles. The molecule has 0 N–H and O–H groups in total. The number of halogens is 1. The van der Waals surface area contributed by atoms with Gasteiger partial charge in [0, 0.05) is 37.3 Å². The Morgan fingerprint density at radius 3 is 2.09 bits per heavy atom.